The van der Waals surface area contributed by atoms with Gasteiger partial charge in [0.1, 0.15) is 0 Å². The van der Waals surface area contributed by atoms with Crippen molar-refractivity contribution in [3.63, 3.8) is 0 Å². The number of nitrogens with zero attached hydrogens (tertiary/aromatic N) is 2. The Bertz CT molecular complexity index is 377. The number of halogens is 3. The van der Waals surface area contributed by atoms with Crippen LogP contribution in [0, 0.1) is 0 Å². The molecule has 1 N–H and O–H groups in total. The van der Waals surface area contributed by atoms with E-state index in [9.17, 15) is 13.2 Å². The van der Waals surface area contributed by atoms with Gasteiger partial charge in [-0.05, 0) is 6.92 Å². The van der Waals surface area contributed by atoms with Crippen LogP contribution in [0.5, 0.6) is 0 Å². The van der Waals surface area contributed by atoms with Crippen LogP contribution in [-0.2, 0) is 12.7 Å². The second kappa shape index (κ2) is 4.91. The fraction of sp³-hybridized carbons (Fsp3) is 0.700. The van der Waals surface area contributed by atoms with E-state index in [1.165, 1.54) is 6.20 Å². The second-order valence-electron chi connectivity index (χ2n) is 4.15. The lowest BCUT2D eigenvalue weighted by Gasteiger charge is -2.33. The molecule has 1 aromatic rings. The molecule has 1 aliphatic heterocycles. The zero-order chi connectivity index (χ0) is 12.5. The van der Waals surface area contributed by atoms with Crippen LogP contribution >= 0.6 is 11.3 Å². The highest BCUT2D eigenvalue weighted by molar-refractivity contribution is 7.11. The lowest BCUT2D eigenvalue weighted by Crippen LogP contribution is -2.49. The first kappa shape index (κ1) is 12.8. The van der Waals surface area contributed by atoms with Gasteiger partial charge in [-0.1, -0.05) is 0 Å². The third kappa shape index (κ3) is 3.17. The van der Waals surface area contributed by atoms with Gasteiger partial charge in [-0.25, -0.2) is 4.98 Å². The number of thiazole rings is 1. The first-order chi connectivity index (χ1) is 7.97. The first-order valence-electron chi connectivity index (χ1n) is 5.43. The summed E-state index contributed by atoms with van der Waals surface area (Å²) in [6, 6.07) is 0.347. The zero-order valence-corrected chi connectivity index (χ0v) is 10.2. The Hall–Kier alpha value is -0.660. The normalized spacial score (nSPS) is 22.9. The van der Waals surface area contributed by atoms with E-state index < -0.39 is 11.2 Å². The minimum absolute atomic E-state index is 0.347. The topological polar surface area (TPSA) is 28.2 Å². The van der Waals surface area contributed by atoms with Crippen LogP contribution < -0.4 is 5.32 Å². The number of alkyl halides is 3. The molecule has 2 rings (SSSR count). The molecule has 0 unspecified atom stereocenters. The Morgan fingerprint density at radius 3 is 2.94 bits per heavy atom. The van der Waals surface area contributed by atoms with Gasteiger partial charge >= 0.3 is 6.18 Å². The van der Waals surface area contributed by atoms with E-state index >= 15 is 0 Å². The van der Waals surface area contributed by atoms with Crippen LogP contribution in [0.4, 0.5) is 13.2 Å². The Kier molecular flexibility index (Phi) is 3.70. The lowest BCUT2D eigenvalue weighted by atomic mass is 10.2. The Labute approximate surface area is 102 Å². The van der Waals surface area contributed by atoms with Crippen LogP contribution in [0.2, 0.25) is 0 Å². The minimum Gasteiger partial charge on any atom is -0.314 e. The van der Waals surface area contributed by atoms with Gasteiger partial charge in [-0.2, -0.15) is 13.2 Å². The summed E-state index contributed by atoms with van der Waals surface area (Å²) in [4.78, 5) is 6.27. The second-order valence-corrected chi connectivity index (χ2v) is 5.27. The third-order valence-electron chi connectivity index (χ3n) is 2.79. The number of hydrogen-bond donors (Lipinski definition) is 1. The maximum absolute atomic E-state index is 12.4. The van der Waals surface area contributed by atoms with Crippen molar-refractivity contribution in [1.82, 2.24) is 15.2 Å². The van der Waals surface area contributed by atoms with Crippen molar-refractivity contribution in [3.05, 3.63) is 16.1 Å². The fourth-order valence-electron chi connectivity index (χ4n) is 1.83. The summed E-state index contributed by atoms with van der Waals surface area (Å²) < 4.78 is 37.1. The van der Waals surface area contributed by atoms with Gasteiger partial charge < -0.3 is 5.32 Å². The molecule has 1 aromatic heterocycles. The fourth-order valence-corrected chi connectivity index (χ4v) is 2.64. The van der Waals surface area contributed by atoms with Gasteiger partial charge in [-0.15, -0.1) is 11.3 Å². The largest absolute Gasteiger partial charge is 0.443 e. The van der Waals surface area contributed by atoms with Crippen LogP contribution in [0.1, 0.15) is 16.8 Å². The average Bonchev–Trinajstić information content (AvgIpc) is 2.69. The predicted octanol–water partition coefficient (Wildman–Crippen LogP) is 1.96. The molecule has 96 valence electrons. The molecule has 17 heavy (non-hydrogen) atoms. The molecule has 0 radical (unpaired) electrons. The number of aromatic nitrogens is 1. The van der Waals surface area contributed by atoms with E-state index in [2.05, 4.69) is 22.1 Å². The summed E-state index contributed by atoms with van der Waals surface area (Å²) in [5, 5.41) is 2.49. The van der Waals surface area contributed by atoms with E-state index in [0.717, 1.165) is 31.0 Å². The molecule has 1 saturated heterocycles. The molecule has 1 fully saturated rings. The quantitative estimate of drug-likeness (QED) is 0.886. The van der Waals surface area contributed by atoms with Gasteiger partial charge in [0, 0.05) is 43.3 Å². The first-order valence-corrected chi connectivity index (χ1v) is 6.25. The van der Waals surface area contributed by atoms with Crippen molar-refractivity contribution in [2.24, 2.45) is 0 Å². The summed E-state index contributed by atoms with van der Waals surface area (Å²) >= 11 is 0.737. The maximum Gasteiger partial charge on any atom is 0.443 e. The van der Waals surface area contributed by atoms with Crippen molar-refractivity contribution >= 4 is 11.3 Å². The molecule has 7 heteroatoms. The van der Waals surface area contributed by atoms with Gasteiger partial charge in [-0.3, -0.25) is 4.90 Å². The van der Waals surface area contributed by atoms with Crippen molar-refractivity contribution < 1.29 is 13.2 Å². The standard InChI is InChI=1S/C10H14F3N3S/c1-7-4-14-2-3-16(7)6-8-5-15-9(17-8)10(11,12)13/h5,7,14H,2-4,6H2,1H3/t7-/m0/s1. The SMILES string of the molecule is C[C@H]1CNCCN1Cc1cnc(C(F)(F)F)s1. The molecule has 2 heterocycles. The van der Waals surface area contributed by atoms with Crippen molar-refractivity contribution in [2.75, 3.05) is 19.6 Å². The zero-order valence-electron chi connectivity index (χ0n) is 9.42. The Morgan fingerprint density at radius 1 is 1.59 bits per heavy atom. The van der Waals surface area contributed by atoms with Gasteiger partial charge in [0.25, 0.3) is 0 Å². The van der Waals surface area contributed by atoms with Crippen molar-refractivity contribution in [3.8, 4) is 0 Å². The summed E-state index contributed by atoms with van der Waals surface area (Å²) in [6.07, 6.45) is -2.99. The Balaban J connectivity index is 2.01. The van der Waals surface area contributed by atoms with E-state index in [0.29, 0.717) is 17.5 Å². The summed E-state index contributed by atoms with van der Waals surface area (Å²) in [5.41, 5.74) is 0. The van der Waals surface area contributed by atoms with E-state index in [1.807, 2.05) is 0 Å². The lowest BCUT2D eigenvalue weighted by molar-refractivity contribution is -0.137. The molecule has 0 bridgehead atoms. The van der Waals surface area contributed by atoms with Crippen molar-refractivity contribution in [1.29, 1.82) is 0 Å². The van der Waals surface area contributed by atoms with Crippen LogP contribution in [-0.4, -0.2) is 35.6 Å². The minimum atomic E-state index is -4.32. The van der Waals surface area contributed by atoms with Crippen LogP contribution in [0.25, 0.3) is 0 Å². The smallest absolute Gasteiger partial charge is 0.314 e. The molecule has 0 spiro atoms. The number of hydrogen-bond acceptors (Lipinski definition) is 4. The molecule has 3 nitrogen and oxygen atoms in total. The number of piperazine rings is 1. The monoisotopic (exact) mass is 265 g/mol. The summed E-state index contributed by atoms with van der Waals surface area (Å²) in [6.45, 7) is 5.25. The average molecular weight is 265 g/mol. The van der Waals surface area contributed by atoms with E-state index in [-0.39, 0.29) is 0 Å². The highest BCUT2D eigenvalue weighted by atomic mass is 32.1. The molecular weight excluding hydrogens is 251 g/mol. The van der Waals surface area contributed by atoms with Crippen LogP contribution in [0.15, 0.2) is 6.20 Å². The van der Waals surface area contributed by atoms with Crippen molar-refractivity contribution in [2.45, 2.75) is 25.7 Å². The molecule has 0 aliphatic carbocycles. The summed E-state index contributed by atoms with van der Waals surface area (Å²) in [7, 11) is 0. The molecule has 1 atom stereocenters. The third-order valence-corrected chi connectivity index (χ3v) is 3.82. The van der Waals surface area contributed by atoms with E-state index in [1.54, 1.807) is 0 Å². The van der Waals surface area contributed by atoms with Crippen LogP contribution in [0.3, 0.4) is 0 Å². The predicted molar refractivity (Wildman–Crippen MR) is 59.9 cm³/mol. The number of nitrogens with one attached hydrogen (secondary N) is 1. The maximum atomic E-state index is 12.4. The molecule has 0 aromatic carbocycles. The highest BCUT2D eigenvalue weighted by Crippen LogP contribution is 2.32. The van der Waals surface area contributed by atoms with Gasteiger partial charge in [0.05, 0.1) is 0 Å². The van der Waals surface area contributed by atoms with Gasteiger partial charge in [0.2, 0.25) is 0 Å². The molecule has 0 saturated carbocycles. The molecular formula is C10H14F3N3S. The highest BCUT2D eigenvalue weighted by Gasteiger charge is 2.34. The Morgan fingerprint density at radius 2 is 2.35 bits per heavy atom. The molecule has 0 amide bonds. The van der Waals surface area contributed by atoms with E-state index in [4.69, 9.17) is 0 Å². The van der Waals surface area contributed by atoms with Gasteiger partial charge in [0.15, 0.2) is 5.01 Å². The summed E-state index contributed by atoms with van der Waals surface area (Å²) in [5.74, 6) is 0. The number of rotatable bonds is 2. The molecule has 1 aliphatic rings.